The van der Waals surface area contributed by atoms with Gasteiger partial charge in [0.25, 0.3) is 11.5 Å². The molecule has 7 nitrogen and oxygen atoms in total. The van der Waals surface area contributed by atoms with Crippen LogP contribution >= 0.6 is 0 Å². The molecule has 2 aromatic heterocycles. The van der Waals surface area contributed by atoms with Crippen LogP contribution in [0.3, 0.4) is 0 Å². The number of aromatic nitrogens is 4. The third-order valence-electron chi connectivity index (χ3n) is 4.14. The number of rotatable bonds is 4. The van der Waals surface area contributed by atoms with Gasteiger partial charge in [0.2, 0.25) is 0 Å². The van der Waals surface area contributed by atoms with Gasteiger partial charge in [-0.25, -0.2) is 4.68 Å². The summed E-state index contributed by atoms with van der Waals surface area (Å²) in [4.78, 5) is 26.4. The van der Waals surface area contributed by atoms with Crippen LogP contribution < -0.4 is 5.56 Å². The van der Waals surface area contributed by atoms with Gasteiger partial charge in [-0.1, -0.05) is 6.92 Å². The standard InChI is InChI=1S/C16H21N5O2/c1-3-8-21-15(22)7-6-13(18-21)16(23)20-9-4-5-14(20)12-10-17-19(2)11-12/h6-7,10-11,14H,3-5,8-9H2,1-2H3/t14-/m0/s1. The third-order valence-corrected chi connectivity index (χ3v) is 4.14. The first-order valence-electron chi connectivity index (χ1n) is 7.98. The summed E-state index contributed by atoms with van der Waals surface area (Å²) in [7, 11) is 1.87. The Balaban J connectivity index is 1.87. The summed E-state index contributed by atoms with van der Waals surface area (Å²) >= 11 is 0. The van der Waals surface area contributed by atoms with Gasteiger partial charge >= 0.3 is 0 Å². The van der Waals surface area contributed by atoms with Crippen molar-refractivity contribution >= 4 is 5.91 Å². The first kappa shape index (κ1) is 15.5. The fraction of sp³-hybridized carbons (Fsp3) is 0.500. The van der Waals surface area contributed by atoms with Crippen molar-refractivity contribution in [1.82, 2.24) is 24.5 Å². The lowest BCUT2D eigenvalue weighted by Gasteiger charge is -2.23. The van der Waals surface area contributed by atoms with Crippen molar-refractivity contribution in [2.45, 2.75) is 38.8 Å². The zero-order valence-electron chi connectivity index (χ0n) is 13.5. The molecule has 1 amide bonds. The second-order valence-electron chi connectivity index (χ2n) is 5.88. The fourth-order valence-corrected chi connectivity index (χ4v) is 3.05. The Labute approximate surface area is 134 Å². The molecule has 1 atom stereocenters. The van der Waals surface area contributed by atoms with E-state index in [0.717, 1.165) is 24.8 Å². The summed E-state index contributed by atoms with van der Waals surface area (Å²) in [6.07, 6.45) is 6.43. The molecule has 122 valence electrons. The second-order valence-corrected chi connectivity index (χ2v) is 5.88. The predicted molar refractivity (Wildman–Crippen MR) is 85.0 cm³/mol. The van der Waals surface area contributed by atoms with Gasteiger partial charge in [-0.3, -0.25) is 14.3 Å². The molecule has 1 aliphatic heterocycles. The topological polar surface area (TPSA) is 73.0 Å². The molecule has 7 heteroatoms. The largest absolute Gasteiger partial charge is 0.330 e. The number of hydrogen-bond acceptors (Lipinski definition) is 4. The Morgan fingerprint density at radius 1 is 1.39 bits per heavy atom. The highest BCUT2D eigenvalue weighted by atomic mass is 16.2. The van der Waals surface area contributed by atoms with Crippen LogP contribution in [0.15, 0.2) is 29.3 Å². The van der Waals surface area contributed by atoms with Crippen molar-refractivity contribution in [1.29, 1.82) is 0 Å². The summed E-state index contributed by atoms with van der Waals surface area (Å²) in [5, 5.41) is 8.43. The Bertz CT molecular complexity index is 764. The van der Waals surface area contributed by atoms with E-state index >= 15 is 0 Å². The molecule has 2 aromatic rings. The number of carbonyl (C=O) groups excluding carboxylic acids is 1. The van der Waals surface area contributed by atoms with Gasteiger partial charge in [-0.2, -0.15) is 10.2 Å². The molecule has 0 N–H and O–H groups in total. The number of nitrogens with zero attached hydrogens (tertiary/aromatic N) is 5. The van der Waals surface area contributed by atoms with Gasteiger partial charge in [0.05, 0.1) is 12.2 Å². The van der Waals surface area contributed by atoms with Gasteiger partial charge in [-0.05, 0) is 25.3 Å². The lowest BCUT2D eigenvalue weighted by molar-refractivity contribution is 0.0726. The third kappa shape index (κ3) is 3.04. The van der Waals surface area contributed by atoms with Crippen molar-refractivity contribution in [3.05, 3.63) is 46.1 Å². The quantitative estimate of drug-likeness (QED) is 0.854. The molecule has 23 heavy (non-hydrogen) atoms. The van der Waals surface area contributed by atoms with E-state index in [-0.39, 0.29) is 17.5 Å². The average Bonchev–Trinajstić information content (AvgIpc) is 3.17. The smallest absolute Gasteiger partial charge is 0.274 e. The van der Waals surface area contributed by atoms with Crippen LogP contribution in [0.1, 0.15) is 48.3 Å². The van der Waals surface area contributed by atoms with E-state index in [9.17, 15) is 9.59 Å². The van der Waals surface area contributed by atoms with Crippen LogP contribution in [-0.4, -0.2) is 36.9 Å². The molecule has 0 aliphatic carbocycles. The normalized spacial score (nSPS) is 17.7. The zero-order chi connectivity index (χ0) is 16.4. The molecule has 1 fully saturated rings. The van der Waals surface area contributed by atoms with E-state index in [2.05, 4.69) is 10.2 Å². The minimum atomic E-state index is -0.173. The maximum Gasteiger partial charge on any atom is 0.274 e. The molecule has 1 aliphatic rings. The Morgan fingerprint density at radius 2 is 2.22 bits per heavy atom. The van der Waals surface area contributed by atoms with Gasteiger partial charge in [0.1, 0.15) is 5.69 Å². The average molecular weight is 315 g/mol. The molecule has 3 rings (SSSR count). The highest BCUT2D eigenvalue weighted by Gasteiger charge is 2.32. The number of likely N-dealkylation sites (tertiary alicyclic amines) is 1. The molecule has 0 aromatic carbocycles. The van der Waals surface area contributed by atoms with Crippen molar-refractivity contribution in [3.63, 3.8) is 0 Å². The predicted octanol–water partition coefficient (Wildman–Crippen LogP) is 1.36. The van der Waals surface area contributed by atoms with Crippen LogP contribution in [-0.2, 0) is 13.6 Å². The Hall–Kier alpha value is -2.44. The van der Waals surface area contributed by atoms with Gasteiger partial charge in [0.15, 0.2) is 0 Å². The molecule has 1 saturated heterocycles. The van der Waals surface area contributed by atoms with E-state index in [0.29, 0.717) is 18.8 Å². The summed E-state index contributed by atoms with van der Waals surface area (Å²) in [6, 6.07) is 2.98. The molecule has 0 bridgehead atoms. The van der Waals surface area contributed by atoms with E-state index in [1.165, 1.54) is 16.8 Å². The lowest BCUT2D eigenvalue weighted by atomic mass is 10.1. The van der Waals surface area contributed by atoms with Crippen LogP contribution in [0.2, 0.25) is 0 Å². The summed E-state index contributed by atoms with van der Waals surface area (Å²) in [5.74, 6) is -0.124. The minimum Gasteiger partial charge on any atom is -0.330 e. The summed E-state index contributed by atoms with van der Waals surface area (Å²) in [6.45, 7) is 3.19. The summed E-state index contributed by atoms with van der Waals surface area (Å²) < 4.78 is 3.11. The monoisotopic (exact) mass is 315 g/mol. The zero-order valence-corrected chi connectivity index (χ0v) is 13.5. The van der Waals surface area contributed by atoms with Crippen LogP contribution in [0, 0.1) is 0 Å². The van der Waals surface area contributed by atoms with E-state index < -0.39 is 0 Å². The maximum atomic E-state index is 12.8. The number of amides is 1. The van der Waals surface area contributed by atoms with Crippen molar-refractivity contribution in [3.8, 4) is 0 Å². The molecule has 0 unspecified atom stereocenters. The summed E-state index contributed by atoms with van der Waals surface area (Å²) in [5.41, 5.74) is 1.20. The number of carbonyl (C=O) groups is 1. The Kier molecular flexibility index (Phi) is 4.27. The molecular weight excluding hydrogens is 294 g/mol. The van der Waals surface area contributed by atoms with Crippen LogP contribution in [0.4, 0.5) is 0 Å². The molecule has 0 radical (unpaired) electrons. The van der Waals surface area contributed by atoms with E-state index in [1.54, 1.807) is 4.68 Å². The van der Waals surface area contributed by atoms with Gasteiger partial charge in [0, 0.05) is 38.0 Å². The molecule has 0 saturated carbocycles. The Morgan fingerprint density at radius 3 is 2.91 bits per heavy atom. The molecule has 3 heterocycles. The number of aryl methyl sites for hydroxylation is 2. The van der Waals surface area contributed by atoms with Crippen LogP contribution in [0.25, 0.3) is 0 Å². The minimum absolute atomic E-state index is 0.0320. The highest BCUT2D eigenvalue weighted by Crippen LogP contribution is 2.32. The van der Waals surface area contributed by atoms with E-state index in [4.69, 9.17) is 0 Å². The van der Waals surface area contributed by atoms with Gasteiger partial charge < -0.3 is 4.90 Å². The van der Waals surface area contributed by atoms with E-state index in [1.807, 2.05) is 31.3 Å². The van der Waals surface area contributed by atoms with Crippen molar-refractivity contribution in [2.75, 3.05) is 6.54 Å². The van der Waals surface area contributed by atoms with Crippen molar-refractivity contribution < 1.29 is 4.79 Å². The van der Waals surface area contributed by atoms with Crippen LogP contribution in [0.5, 0.6) is 0 Å². The fourth-order valence-electron chi connectivity index (χ4n) is 3.05. The second kappa shape index (κ2) is 6.36. The molecule has 0 spiro atoms. The molecular formula is C16H21N5O2. The number of hydrogen-bond donors (Lipinski definition) is 0. The SMILES string of the molecule is CCCn1nc(C(=O)N2CCC[C@H]2c2cnn(C)c2)ccc1=O. The van der Waals surface area contributed by atoms with Crippen molar-refractivity contribution in [2.24, 2.45) is 7.05 Å². The highest BCUT2D eigenvalue weighted by molar-refractivity contribution is 5.92. The first-order chi connectivity index (χ1) is 11.1. The maximum absolute atomic E-state index is 12.8. The first-order valence-corrected chi connectivity index (χ1v) is 7.98. The van der Waals surface area contributed by atoms with Gasteiger partial charge in [-0.15, -0.1) is 0 Å². The lowest BCUT2D eigenvalue weighted by Crippen LogP contribution is -2.33.